The lowest BCUT2D eigenvalue weighted by Gasteiger charge is -2.23. The zero-order valence-corrected chi connectivity index (χ0v) is 21.6. The van der Waals surface area contributed by atoms with Crippen LogP contribution in [0.1, 0.15) is 90.9 Å². The summed E-state index contributed by atoms with van der Waals surface area (Å²) in [5.41, 5.74) is -0.114. The molecule has 0 bridgehead atoms. The monoisotopic (exact) mass is 460 g/mol. The molecule has 1 fully saturated rings. The SMILES string of the molecule is CC[C@@H](C)CC1CCC[C@H]1CNC(=O)c1cnn(/C=C/C(C)(C)NC(C)=O)c1OCC(C)C. The van der Waals surface area contributed by atoms with Gasteiger partial charge in [-0.15, -0.1) is 0 Å². The molecule has 7 heteroatoms. The molecule has 1 saturated carbocycles. The topological polar surface area (TPSA) is 85.3 Å². The van der Waals surface area contributed by atoms with Gasteiger partial charge in [0.15, 0.2) is 0 Å². The Labute approximate surface area is 199 Å². The quantitative estimate of drug-likeness (QED) is 0.465. The second-order valence-electron chi connectivity index (χ2n) is 10.6. The van der Waals surface area contributed by atoms with E-state index < -0.39 is 5.54 Å². The first kappa shape index (κ1) is 26.9. The van der Waals surface area contributed by atoms with Crippen molar-refractivity contribution >= 4 is 18.0 Å². The first-order chi connectivity index (χ1) is 15.5. The van der Waals surface area contributed by atoms with Gasteiger partial charge in [0.2, 0.25) is 11.8 Å². The number of nitrogens with zero attached hydrogens (tertiary/aromatic N) is 2. The summed E-state index contributed by atoms with van der Waals surface area (Å²) >= 11 is 0. The van der Waals surface area contributed by atoms with Gasteiger partial charge < -0.3 is 15.4 Å². The minimum Gasteiger partial charge on any atom is -0.477 e. The van der Waals surface area contributed by atoms with Crippen molar-refractivity contribution in [2.45, 2.75) is 86.1 Å². The second-order valence-corrected chi connectivity index (χ2v) is 10.6. The average Bonchev–Trinajstić information content (AvgIpc) is 3.34. The molecule has 0 radical (unpaired) electrons. The third-order valence-corrected chi connectivity index (χ3v) is 6.42. The van der Waals surface area contributed by atoms with Gasteiger partial charge in [-0.2, -0.15) is 5.10 Å². The smallest absolute Gasteiger partial charge is 0.258 e. The van der Waals surface area contributed by atoms with E-state index in [9.17, 15) is 9.59 Å². The lowest BCUT2D eigenvalue weighted by Crippen LogP contribution is -2.40. The third-order valence-electron chi connectivity index (χ3n) is 6.42. The molecule has 1 aliphatic carbocycles. The minimum absolute atomic E-state index is 0.111. The fraction of sp³-hybridized carbons (Fsp3) is 0.731. The Morgan fingerprint density at radius 2 is 1.97 bits per heavy atom. The predicted octanol–water partition coefficient (Wildman–Crippen LogP) is 4.89. The molecule has 2 N–H and O–H groups in total. The molecule has 1 aliphatic rings. The molecular weight excluding hydrogens is 416 g/mol. The van der Waals surface area contributed by atoms with E-state index in [1.807, 2.05) is 19.9 Å². The van der Waals surface area contributed by atoms with E-state index >= 15 is 0 Å². The van der Waals surface area contributed by atoms with Crippen molar-refractivity contribution in [2.24, 2.45) is 23.7 Å². The third kappa shape index (κ3) is 8.52. The van der Waals surface area contributed by atoms with Gasteiger partial charge in [-0.25, -0.2) is 4.68 Å². The van der Waals surface area contributed by atoms with Crippen molar-refractivity contribution in [1.82, 2.24) is 20.4 Å². The van der Waals surface area contributed by atoms with Crippen LogP contribution in [0, 0.1) is 23.7 Å². The van der Waals surface area contributed by atoms with E-state index in [1.54, 1.807) is 17.1 Å². The normalized spacial score (nSPS) is 19.8. The lowest BCUT2D eigenvalue weighted by atomic mass is 9.86. The highest BCUT2D eigenvalue weighted by atomic mass is 16.5. The summed E-state index contributed by atoms with van der Waals surface area (Å²) in [5.74, 6) is 2.44. The van der Waals surface area contributed by atoms with Gasteiger partial charge in [0.05, 0.1) is 18.3 Å². The first-order valence-electron chi connectivity index (χ1n) is 12.5. The van der Waals surface area contributed by atoms with Crippen LogP contribution in [0.3, 0.4) is 0 Å². The molecule has 1 aromatic rings. The van der Waals surface area contributed by atoms with E-state index in [4.69, 9.17) is 4.74 Å². The van der Waals surface area contributed by atoms with E-state index in [0.29, 0.717) is 42.3 Å². The van der Waals surface area contributed by atoms with Gasteiger partial charge in [0.1, 0.15) is 5.56 Å². The maximum absolute atomic E-state index is 13.1. The van der Waals surface area contributed by atoms with Crippen molar-refractivity contribution < 1.29 is 14.3 Å². The van der Waals surface area contributed by atoms with Crippen molar-refractivity contribution in [1.29, 1.82) is 0 Å². The summed E-state index contributed by atoms with van der Waals surface area (Å²) in [6.07, 6.45) is 11.3. The van der Waals surface area contributed by atoms with Crippen LogP contribution < -0.4 is 15.4 Å². The van der Waals surface area contributed by atoms with Crippen LogP contribution in [0.4, 0.5) is 0 Å². The molecule has 1 unspecified atom stereocenters. The van der Waals surface area contributed by atoms with E-state index in [-0.39, 0.29) is 11.8 Å². The van der Waals surface area contributed by atoms with E-state index in [0.717, 1.165) is 5.92 Å². The summed E-state index contributed by atoms with van der Waals surface area (Å²) in [4.78, 5) is 24.5. The summed E-state index contributed by atoms with van der Waals surface area (Å²) in [5, 5.41) is 10.4. The Bertz CT molecular complexity index is 812. The molecule has 2 rings (SSSR count). The largest absolute Gasteiger partial charge is 0.477 e. The van der Waals surface area contributed by atoms with Crippen LogP contribution in [0.2, 0.25) is 0 Å². The molecule has 3 atom stereocenters. The van der Waals surface area contributed by atoms with Crippen LogP contribution in [0.5, 0.6) is 5.88 Å². The molecule has 33 heavy (non-hydrogen) atoms. The number of nitrogens with one attached hydrogen (secondary N) is 2. The van der Waals surface area contributed by atoms with E-state index in [1.165, 1.54) is 39.0 Å². The summed E-state index contributed by atoms with van der Waals surface area (Å²) in [6, 6.07) is 0. The first-order valence-corrected chi connectivity index (χ1v) is 12.5. The van der Waals surface area contributed by atoms with Crippen molar-refractivity contribution in [3.8, 4) is 5.88 Å². The zero-order chi connectivity index (χ0) is 24.6. The van der Waals surface area contributed by atoms with Gasteiger partial charge in [-0.3, -0.25) is 9.59 Å². The van der Waals surface area contributed by atoms with Crippen LogP contribution in [-0.2, 0) is 4.79 Å². The number of rotatable bonds is 12. The number of hydrogen-bond donors (Lipinski definition) is 2. The Morgan fingerprint density at radius 3 is 2.61 bits per heavy atom. The standard InChI is InChI=1S/C26H44N4O3/c1-8-19(4)14-21-10-9-11-22(21)15-27-24(32)23-16-28-30(25(23)33-17-18(2)3)13-12-26(6,7)29-20(5)31/h12-13,16,18-19,21-22H,8-11,14-15,17H2,1-7H3,(H,27,32)(H,29,31)/b13-12+/t19-,21?,22+/m1/s1. The highest BCUT2D eigenvalue weighted by Gasteiger charge is 2.29. The Morgan fingerprint density at radius 1 is 1.27 bits per heavy atom. The maximum atomic E-state index is 13.1. The zero-order valence-electron chi connectivity index (χ0n) is 21.6. The van der Waals surface area contributed by atoms with Crippen LogP contribution in [0.25, 0.3) is 6.20 Å². The van der Waals surface area contributed by atoms with Crippen LogP contribution >= 0.6 is 0 Å². The summed E-state index contributed by atoms with van der Waals surface area (Å²) in [7, 11) is 0. The number of aromatic nitrogens is 2. The highest BCUT2D eigenvalue weighted by molar-refractivity contribution is 5.96. The molecule has 2 amide bonds. The van der Waals surface area contributed by atoms with Gasteiger partial charge in [0, 0.05) is 19.7 Å². The molecule has 186 valence electrons. The molecule has 1 heterocycles. The molecular formula is C26H44N4O3. The van der Waals surface area contributed by atoms with Gasteiger partial charge in [0.25, 0.3) is 5.91 Å². The number of amides is 2. The molecule has 0 aliphatic heterocycles. The lowest BCUT2D eigenvalue weighted by molar-refractivity contribution is -0.120. The second kappa shape index (κ2) is 12.2. The number of carbonyl (C=O) groups excluding carboxylic acids is 2. The maximum Gasteiger partial charge on any atom is 0.258 e. The predicted molar refractivity (Wildman–Crippen MR) is 133 cm³/mol. The molecule has 0 aromatic carbocycles. The summed E-state index contributed by atoms with van der Waals surface area (Å²) < 4.78 is 7.57. The molecule has 7 nitrogen and oxygen atoms in total. The Kier molecular flexibility index (Phi) is 9.99. The molecule has 0 spiro atoms. The van der Waals surface area contributed by atoms with Gasteiger partial charge >= 0.3 is 0 Å². The molecule has 0 saturated heterocycles. The fourth-order valence-corrected chi connectivity index (χ4v) is 4.45. The van der Waals surface area contributed by atoms with E-state index in [2.05, 4.69) is 43.4 Å². The van der Waals surface area contributed by atoms with Crippen molar-refractivity contribution in [2.75, 3.05) is 13.2 Å². The number of carbonyl (C=O) groups is 2. The van der Waals surface area contributed by atoms with Crippen molar-refractivity contribution in [3.63, 3.8) is 0 Å². The number of hydrogen-bond acceptors (Lipinski definition) is 4. The highest BCUT2D eigenvalue weighted by Crippen LogP contribution is 2.36. The van der Waals surface area contributed by atoms with Gasteiger partial charge in [-0.1, -0.05) is 47.0 Å². The van der Waals surface area contributed by atoms with Crippen LogP contribution in [0.15, 0.2) is 12.3 Å². The Hall–Kier alpha value is -2.31. The number of ether oxygens (including phenoxy) is 1. The Balaban J connectivity index is 2.12. The fourth-order valence-electron chi connectivity index (χ4n) is 4.45. The summed E-state index contributed by atoms with van der Waals surface area (Å²) in [6.45, 7) is 15.2. The van der Waals surface area contributed by atoms with Gasteiger partial charge in [-0.05, 0) is 56.4 Å². The minimum atomic E-state index is -0.553. The van der Waals surface area contributed by atoms with Crippen molar-refractivity contribution in [3.05, 3.63) is 17.8 Å². The van der Waals surface area contributed by atoms with Crippen LogP contribution in [-0.4, -0.2) is 40.3 Å². The molecule has 1 aromatic heterocycles. The average molecular weight is 461 g/mol.